The largest absolute Gasteiger partial charge is 0.351 e. The van der Waals surface area contributed by atoms with Crippen LogP contribution in [0.2, 0.25) is 0 Å². The van der Waals surface area contributed by atoms with Crippen LogP contribution in [0.4, 0.5) is 9.18 Å². The van der Waals surface area contributed by atoms with Crippen molar-refractivity contribution in [2.75, 3.05) is 0 Å². The predicted molar refractivity (Wildman–Crippen MR) is 71.6 cm³/mol. The Morgan fingerprint density at radius 1 is 1.19 bits per heavy atom. The lowest BCUT2D eigenvalue weighted by molar-refractivity contribution is -0.120. The molecule has 0 aliphatic carbocycles. The van der Waals surface area contributed by atoms with Crippen LogP contribution >= 0.6 is 0 Å². The number of nitrogens with one attached hydrogen (secondary N) is 1. The number of urea groups is 1. The quantitative estimate of drug-likeness (QED) is 0.844. The fraction of sp³-hybridized carbons (Fsp3) is 0.0769. The Morgan fingerprint density at radius 2 is 1.86 bits per heavy atom. The standard InChI is InChI=1S/C13H11FN4O3/c14-9-3-1-8(2-4-9)10-5-6-12(20)18(17-10)7-11(19)16-13(15)21/h1-6H,7H2,(H3,15,16,19,21). The number of carbonyl (C=O) groups excluding carboxylic acids is 2. The molecule has 0 unspecified atom stereocenters. The second-order valence-electron chi connectivity index (χ2n) is 4.13. The average molecular weight is 290 g/mol. The van der Waals surface area contributed by atoms with E-state index >= 15 is 0 Å². The summed E-state index contributed by atoms with van der Waals surface area (Å²) in [5, 5.41) is 5.82. The van der Waals surface area contributed by atoms with Crippen LogP contribution in [0.25, 0.3) is 11.3 Å². The van der Waals surface area contributed by atoms with E-state index in [0.717, 1.165) is 4.68 Å². The second kappa shape index (κ2) is 5.95. The molecule has 0 atom stereocenters. The molecule has 2 aromatic rings. The molecule has 1 aromatic carbocycles. The fourth-order valence-corrected chi connectivity index (χ4v) is 1.65. The maximum atomic E-state index is 12.9. The summed E-state index contributed by atoms with van der Waals surface area (Å²) in [6, 6.07) is 7.17. The highest BCUT2D eigenvalue weighted by atomic mass is 19.1. The highest BCUT2D eigenvalue weighted by Gasteiger charge is 2.09. The van der Waals surface area contributed by atoms with Crippen LogP contribution in [-0.4, -0.2) is 21.7 Å². The van der Waals surface area contributed by atoms with Gasteiger partial charge in [-0.25, -0.2) is 13.9 Å². The average Bonchev–Trinajstić information content (AvgIpc) is 2.41. The smallest absolute Gasteiger partial charge is 0.318 e. The molecule has 0 radical (unpaired) electrons. The Morgan fingerprint density at radius 3 is 2.48 bits per heavy atom. The normalized spacial score (nSPS) is 10.1. The van der Waals surface area contributed by atoms with E-state index in [9.17, 15) is 18.8 Å². The zero-order valence-corrected chi connectivity index (χ0v) is 10.7. The Bertz CT molecular complexity index is 740. The van der Waals surface area contributed by atoms with Gasteiger partial charge in [0, 0.05) is 11.6 Å². The lowest BCUT2D eigenvalue weighted by Gasteiger charge is -2.06. The van der Waals surface area contributed by atoms with E-state index in [0.29, 0.717) is 11.3 Å². The topological polar surface area (TPSA) is 107 Å². The molecule has 0 spiro atoms. The van der Waals surface area contributed by atoms with Crippen molar-refractivity contribution in [3.8, 4) is 11.3 Å². The minimum Gasteiger partial charge on any atom is -0.351 e. The molecular formula is C13H11FN4O3. The van der Waals surface area contributed by atoms with E-state index < -0.39 is 29.9 Å². The number of aromatic nitrogens is 2. The van der Waals surface area contributed by atoms with Crippen molar-refractivity contribution >= 4 is 11.9 Å². The monoisotopic (exact) mass is 290 g/mol. The summed E-state index contributed by atoms with van der Waals surface area (Å²) < 4.78 is 13.8. The van der Waals surface area contributed by atoms with Gasteiger partial charge >= 0.3 is 6.03 Å². The van der Waals surface area contributed by atoms with Crippen LogP contribution < -0.4 is 16.6 Å². The third kappa shape index (κ3) is 3.72. The van der Waals surface area contributed by atoms with Gasteiger partial charge in [0.1, 0.15) is 12.4 Å². The zero-order chi connectivity index (χ0) is 15.4. The molecule has 0 aliphatic rings. The minimum atomic E-state index is -1.01. The van der Waals surface area contributed by atoms with Crippen LogP contribution in [0, 0.1) is 5.82 Å². The van der Waals surface area contributed by atoms with E-state index in [4.69, 9.17) is 5.73 Å². The molecule has 7 nitrogen and oxygen atoms in total. The number of nitrogens with two attached hydrogens (primary N) is 1. The van der Waals surface area contributed by atoms with Gasteiger partial charge in [0.15, 0.2) is 0 Å². The van der Waals surface area contributed by atoms with E-state index in [-0.39, 0.29) is 0 Å². The predicted octanol–water partition coefficient (Wildman–Crippen LogP) is 0.244. The van der Waals surface area contributed by atoms with Crippen LogP contribution in [0.1, 0.15) is 0 Å². The lowest BCUT2D eigenvalue weighted by Crippen LogP contribution is -2.39. The summed E-state index contributed by atoms with van der Waals surface area (Å²) >= 11 is 0. The Hall–Kier alpha value is -3.03. The summed E-state index contributed by atoms with van der Waals surface area (Å²) in [6.07, 6.45) is 0. The molecule has 8 heteroatoms. The SMILES string of the molecule is NC(=O)NC(=O)Cn1nc(-c2ccc(F)cc2)ccc1=O. The van der Waals surface area contributed by atoms with Gasteiger partial charge in [-0.2, -0.15) is 5.10 Å². The van der Waals surface area contributed by atoms with Crippen molar-refractivity contribution < 1.29 is 14.0 Å². The Balaban J connectivity index is 2.29. The third-order valence-corrected chi connectivity index (χ3v) is 2.56. The maximum Gasteiger partial charge on any atom is 0.318 e. The number of rotatable bonds is 3. The van der Waals surface area contributed by atoms with E-state index in [1.807, 2.05) is 5.32 Å². The summed E-state index contributed by atoms with van der Waals surface area (Å²) in [5.41, 5.74) is 5.27. The molecule has 108 valence electrons. The first-order chi connectivity index (χ1) is 9.95. The minimum absolute atomic E-state index is 0.390. The van der Waals surface area contributed by atoms with Gasteiger partial charge < -0.3 is 5.73 Å². The van der Waals surface area contributed by atoms with Crippen molar-refractivity contribution in [2.45, 2.75) is 6.54 Å². The number of hydrogen-bond acceptors (Lipinski definition) is 4. The molecular weight excluding hydrogens is 279 g/mol. The van der Waals surface area contributed by atoms with Crippen LogP contribution in [0.3, 0.4) is 0 Å². The summed E-state index contributed by atoms with van der Waals surface area (Å²) in [4.78, 5) is 33.6. The van der Waals surface area contributed by atoms with E-state index in [1.54, 1.807) is 0 Å². The van der Waals surface area contributed by atoms with Gasteiger partial charge in [-0.05, 0) is 30.3 Å². The Kier molecular flexibility index (Phi) is 4.07. The van der Waals surface area contributed by atoms with Gasteiger partial charge in [0.05, 0.1) is 5.69 Å². The molecule has 1 heterocycles. The molecule has 3 N–H and O–H groups in total. The summed E-state index contributed by atoms with van der Waals surface area (Å²) in [7, 11) is 0. The molecule has 0 saturated heterocycles. The number of hydrogen-bond donors (Lipinski definition) is 2. The van der Waals surface area contributed by atoms with Crippen molar-refractivity contribution in [1.29, 1.82) is 0 Å². The summed E-state index contributed by atoms with van der Waals surface area (Å²) in [6.45, 7) is -0.448. The highest BCUT2D eigenvalue weighted by molar-refractivity contribution is 5.93. The summed E-state index contributed by atoms with van der Waals surface area (Å²) in [5.74, 6) is -1.15. The first kappa shape index (κ1) is 14.4. The highest BCUT2D eigenvalue weighted by Crippen LogP contribution is 2.15. The van der Waals surface area contributed by atoms with E-state index in [2.05, 4.69) is 5.10 Å². The van der Waals surface area contributed by atoms with Crippen LogP contribution in [0.5, 0.6) is 0 Å². The number of carbonyl (C=O) groups is 2. The maximum absolute atomic E-state index is 12.9. The second-order valence-corrected chi connectivity index (χ2v) is 4.13. The van der Waals surface area contributed by atoms with Gasteiger partial charge in [-0.15, -0.1) is 0 Å². The first-order valence-electron chi connectivity index (χ1n) is 5.89. The molecule has 2 rings (SSSR count). The number of amides is 3. The van der Waals surface area contributed by atoms with Crippen molar-refractivity contribution in [3.05, 3.63) is 52.6 Å². The van der Waals surface area contributed by atoms with E-state index in [1.165, 1.54) is 36.4 Å². The van der Waals surface area contributed by atoms with Crippen molar-refractivity contribution in [1.82, 2.24) is 15.1 Å². The Labute approximate surface area is 118 Å². The van der Waals surface area contributed by atoms with Gasteiger partial charge in [-0.3, -0.25) is 14.9 Å². The number of benzene rings is 1. The number of imide groups is 1. The number of nitrogens with zero attached hydrogens (tertiary/aromatic N) is 2. The van der Waals surface area contributed by atoms with Gasteiger partial charge in [0.25, 0.3) is 5.56 Å². The molecule has 21 heavy (non-hydrogen) atoms. The molecule has 0 bridgehead atoms. The molecule has 3 amide bonds. The van der Waals surface area contributed by atoms with Gasteiger partial charge in [-0.1, -0.05) is 0 Å². The molecule has 1 aromatic heterocycles. The number of halogens is 1. The number of primary amides is 1. The first-order valence-corrected chi connectivity index (χ1v) is 5.89. The van der Waals surface area contributed by atoms with Gasteiger partial charge in [0.2, 0.25) is 5.91 Å². The molecule has 0 fully saturated rings. The molecule has 0 saturated carbocycles. The third-order valence-electron chi connectivity index (χ3n) is 2.56. The fourth-order valence-electron chi connectivity index (χ4n) is 1.65. The van der Waals surface area contributed by atoms with Crippen molar-refractivity contribution in [2.24, 2.45) is 5.73 Å². The van der Waals surface area contributed by atoms with Crippen LogP contribution in [0.15, 0.2) is 41.2 Å². The van der Waals surface area contributed by atoms with Crippen molar-refractivity contribution in [3.63, 3.8) is 0 Å². The lowest BCUT2D eigenvalue weighted by atomic mass is 10.1. The molecule has 0 aliphatic heterocycles. The van der Waals surface area contributed by atoms with Crippen LogP contribution in [-0.2, 0) is 11.3 Å². The zero-order valence-electron chi connectivity index (χ0n) is 10.7.